The molecule has 1 N–H and O–H groups in total. The maximum absolute atomic E-state index is 6.01. The molecule has 1 aromatic carbocycles. The third-order valence-electron chi connectivity index (χ3n) is 3.84. The van der Waals surface area contributed by atoms with Crippen LogP contribution in [0.15, 0.2) is 36.7 Å². The second kappa shape index (κ2) is 7.01. The molecule has 0 bridgehead atoms. The molecule has 1 atom stereocenters. The van der Waals surface area contributed by atoms with Crippen LogP contribution in [0, 0.1) is 0 Å². The number of aromatic nitrogens is 1. The first-order valence-electron chi connectivity index (χ1n) is 7.80. The molecule has 1 heterocycles. The van der Waals surface area contributed by atoms with Gasteiger partial charge in [-0.2, -0.15) is 0 Å². The summed E-state index contributed by atoms with van der Waals surface area (Å²) >= 11 is 0. The summed E-state index contributed by atoms with van der Waals surface area (Å²) in [6.07, 6.45) is 4.88. The Morgan fingerprint density at radius 1 is 1.24 bits per heavy atom. The van der Waals surface area contributed by atoms with E-state index in [9.17, 15) is 0 Å². The summed E-state index contributed by atoms with van der Waals surface area (Å²) in [6, 6.07) is 8.64. The fourth-order valence-electron chi connectivity index (χ4n) is 2.87. The van der Waals surface area contributed by atoms with Gasteiger partial charge in [0.15, 0.2) is 0 Å². The summed E-state index contributed by atoms with van der Waals surface area (Å²) in [4.78, 5) is 4.22. The zero-order valence-electron chi connectivity index (χ0n) is 13.5. The van der Waals surface area contributed by atoms with E-state index < -0.39 is 0 Å². The van der Waals surface area contributed by atoms with Gasteiger partial charge in [-0.25, -0.2) is 0 Å². The van der Waals surface area contributed by atoms with Gasteiger partial charge in [-0.3, -0.25) is 4.98 Å². The Kier molecular flexibility index (Phi) is 5.32. The van der Waals surface area contributed by atoms with E-state index in [0.29, 0.717) is 6.61 Å². The van der Waals surface area contributed by atoms with Crippen molar-refractivity contribution in [2.24, 2.45) is 0 Å². The minimum Gasteiger partial charge on any atom is -0.374 e. The number of hydrogen-bond acceptors (Lipinski definition) is 3. The molecule has 1 aromatic heterocycles. The summed E-state index contributed by atoms with van der Waals surface area (Å²) in [6.45, 7) is 10.2. The predicted molar refractivity (Wildman–Crippen MR) is 88.5 cm³/mol. The van der Waals surface area contributed by atoms with E-state index >= 15 is 0 Å². The maximum atomic E-state index is 6.01. The molecular weight excluding hydrogens is 260 g/mol. The lowest BCUT2D eigenvalue weighted by molar-refractivity contribution is -0.0388. The summed E-state index contributed by atoms with van der Waals surface area (Å²) < 4.78 is 6.01. The lowest BCUT2D eigenvalue weighted by Gasteiger charge is -2.36. The summed E-state index contributed by atoms with van der Waals surface area (Å²) in [7, 11) is 0. The number of ether oxygens (including phenoxy) is 1. The van der Waals surface area contributed by atoms with Gasteiger partial charge in [0.25, 0.3) is 0 Å². The third-order valence-corrected chi connectivity index (χ3v) is 3.84. The number of benzene rings is 1. The summed E-state index contributed by atoms with van der Waals surface area (Å²) in [5.74, 6) is 0. The molecule has 0 aliphatic carbocycles. The quantitative estimate of drug-likeness (QED) is 0.832. The number of pyridine rings is 1. The van der Waals surface area contributed by atoms with Crippen molar-refractivity contribution >= 4 is 10.8 Å². The first-order valence-corrected chi connectivity index (χ1v) is 7.80. The number of rotatable bonds is 7. The van der Waals surface area contributed by atoms with E-state index in [2.05, 4.69) is 55.3 Å². The van der Waals surface area contributed by atoms with Gasteiger partial charge in [0, 0.05) is 24.4 Å². The molecule has 0 radical (unpaired) electrons. The van der Waals surface area contributed by atoms with Gasteiger partial charge >= 0.3 is 0 Å². The van der Waals surface area contributed by atoms with Gasteiger partial charge in [-0.15, -0.1) is 0 Å². The SMILES string of the molecule is CCCNC(c1cccc2cnccc12)C(C)(C)OCC. The Bertz CT molecular complexity index is 575. The molecule has 0 aliphatic rings. The van der Waals surface area contributed by atoms with Crippen molar-refractivity contribution in [3.8, 4) is 0 Å². The highest BCUT2D eigenvalue weighted by Crippen LogP contribution is 2.33. The number of hydrogen-bond donors (Lipinski definition) is 1. The fraction of sp³-hybridized carbons (Fsp3) is 0.500. The highest BCUT2D eigenvalue weighted by molar-refractivity contribution is 5.85. The Morgan fingerprint density at radius 3 is 2.76 bits per heavy atom. The zero-order chi connectivity index (χ0) is 15.3. The van der Waals surface area contributed by atoms with Gasteiger partial charge < -0.3 is 10.1 Å². The minimum atomic E-state index is -0.262. The fourth-order valence-corrected chi connectivity index (χ4v) is 2.87. The first kappa shape index (κ1) is 15.9. The van der Waals surface area contributed by atoms with Crippen molar-refractivity contribution in [1.29, 1.82) is 0 Å². The van der Waals surface area contributed by atoms with E-state index in [-0.39, 0.29) is 11.6 Å². The number of nitrogens with zero attached hydrogens (tertiary/aromatic N) is 1. The molecule has 0 amide bonds. The normalized spacial score (nSPS) is 13.5. The van der Waals surface area contributed by atoms with Crippen molar-refractivity contribution < 1.29 is 4.74 Å². The average Bonchev–Trinajstić information content (AvgIpc) is 2.47. The molecule has 3 heteroatoms. The van der Waals surface area contributed by atoms with Crippen LogP contribution in [0.5, 0.6) is 0 Å². The standard InChI is InChI=1S/C18H26N2O/c1-5-11-20-17(18(3,4)21-6-2)16-9-7-8-14-13-19-12-10-15(14)16/h7-10,12-13,17,20H,5-6,11H2,1-4H3. The van der Waals surface area contributed by atoms with Crippen LogP contribution in [0.3, 0.4) is 0 Å². The van der Waals surface area contributed by atoms with Crippen molar-refractivity contribution in [3.63, 3.8) is 0 Å². The molecule has 114 valence electrons. The second-order valence-electron chi connectivity index (χ2n) is 5.87. The van der Waals surface area contributed by atoms with Crippen LogP contribution in [-0.2, 0) is 4.74 Å². The monoisotopic (exact) mass is 286 g/mol. The summed E-state index contributed by atoms with van der Waals surface area (Å²) in [5.41, 5.74) is 1.02. The van der Waals surface area contributed by atoms with Crippen LogP contribution in [-0.4, -0.2) is 23.7 Å². The minimum absolute atomic E-state index is 0.156. The highest BCUT2D eigenvalue weighted by Gasteiger charge is 2.31. The molecule has 2 aromatic rings. The van der Waals surface area contributed by atoms with E-state index in [0.717, 1.165) is 13.0 Å². The van der Waals surface area contributed by atoms with Crippen molar-refractivity contribution in [2.75, 3.05) is 13.2 Å². The van der Waals surface area contributed by atoms with E-state index in [1.807, 2.05) is 19.3 Å². The van der Waals surface area contributed by atoms with Crippen LogP contribution in [0.2, 0.25) is 0 Å². The van der Waals surface area contributed by atoms with Crippen LogP contribution in [0.1, 0.15) is 45.7 Å². The highest BCUT2D eigenvalue weighted by atomic mass is 16.5. The molecule has 1 unspecified atom stereocenters. The molecule has 0 fully saturated rings. The molecule has 0 saturated heterocycles. The zero-order valence-corrected chi connectivity index (χ0v) is 13.5. The molecule has 0 spiro atoms. The van der Waals surface area contributed by atoms with Gasteiger partial charge in [-0.1, -0.05) is 25.1 Å². The van der Waals surface area contributed by atoms with E-state index in [1.165, 1.54) is 16.3 Å². The van der Waals surface area contributed by atoms with Gasteiger partial charge in [-0.05, 0) is 50.8 Å². The molecule has 0 saturated carbocycles. The Balaban J connectivity index is 2.48. The molecule has 2 rings (SSSR count). The first-order chi connectivity index (χ1) is 10.1. The summed E-state index contributed by atoms with van der Waals surface area (Å²) in [5, 5.41) is 6.07. The Hall–Kier alpha value is -1.45. The van der Waals surface area contributed by atoms with Crippen LogP contribution < -0.4 is 5.32 Å². The molecule has 3 nitrogen and oxygen atoms in total. The maximum Gasteiger partial charge on any atom is 0.0820 e. The van der Waals surface area contributed by atoms with Crippen molar-refractivity contribution in [3.05, 3.63) is 42.2 Å². The average molecular weight is 286 g/mol. The third kappa shape index (κ3) is 3.60. The molecular formula is C18H26N2O. The molecule has 21 heavy (non-hydrogen) atoms. The smallest absolute Gasteiger partial charge is 0.0820 e. The topological polar surface area (TPSA) is 34.2 Å². The second-order valence-corrected chi connectivity index (χ2v) is 5.87. The largest absolute Gasteiger partial charge is 0.374 e. The predicted octanol–water partition coefficient (Wildman–Crippen LogP) is 4.09. The number of fused-ring (bicyclic) bond motifs is 1. The van der Waals surface area contributed by atoms with Crippen molar-refractivity contribution in [2.45, 2.75) is 45.8 Å². The Labute approximate surface area is 127 Å². The Morgan fingerprint density at radius 2 is 2.05 bits per heavy atom. The van der Waals surface area contributed by atoms with E-state index in [4.69, 9.17) is 4.74 Å². The number of nitrogens with one attached hydrogen (secondary N) is 1. The lowest BCUT2D eigenvalue weighted by atomic mass is 9.88. The van der Waals surface area contributed by atoms with Crippen LogP contribution in [0.4, 0.5) is 0 Å². The van der Waals surface area contributed by atoms with Gasteiger partial charge in [0.2, 0.25) is 0 Å². The van der Waals surface area contributed by atoms with Gasteiger partial charge in [0.05, 0.1) is 11.6 Å². The molecule has 0 aliphatic heterocycles. The van der Waals surface area contributed by atoms with Crippen molar-refractivity contribution in [1.82, 2.24) is 10.3 Å². The lowest BCUT2D eigenvalue weighted by Crippen LogP contribution is -2.42. The van der Waals surface area contributed by atoms with Gasteiger partial charge in [0.1, 0.15) is 0 Å². The van der Waals surface area contributed by atoms with Crippen LogP contribution >= 0.6 is 0 Å². The van der Waals surface area contributed by atoms with Crippen LogP contribution in [0.25, 0.3) is 10.8 Å². The van der Waals surface area contributed by atoms with E-state index in [1.54, 1.807) is 0 Å².